The predicted molar refractivity (Wildman–Crippen MR) is 108 cm³/mol. The molecule has 0 saturated carbocycles. The van der Waals surface area contributed by atoms with Gasteiger partial charge in [-0.2, -0.15) is 0 Å². The Balaban J connectivity index is 0.00000420. The highest BCUT2D eigenvalue weighted by molar-refractivity contribution is 5.87. The van der Waals surface area contributed by atoms with Crippen molar-refractivity contribution in [2.45, 2.75) is 34.6 Å². The van der Waals surface area contributed by atoms with E-state index in [9.17, 15) is 18.0 Å². The molecule has 0 radical (unpaired) electrons. The fraction of sp³-hybridized carbons (Fsp3) is 0.476. The molecule has 29 heavy (non-hydrogen) atoms. The van der Waals surface area contributed by atoms with Gasteiger partial charge in [0.25, 0.3) is 0 Å². The zero-order chi connectivity index (χ0) is 21.1. The summed E-state index contributed by atoms with van der Waals surface area (Å²) in [7, 11) is 0. The van der Waals surface area contributed by atoms with Crippen LogP contribution in [0, 0.1) is 29.8 Å². The van der Waals surface area contributed by atoms with E-state index in [1.807, 2.05) is 13.8 Å². The van der Waals surface area contributed by atoms with Crippen LogP contribution in [-0.2, 0) is 4.74 Å². The smallest absolute Gasteiger partial charge is 0.374 e. The van der Waals surface area contributed by atoms with Crippen LogP contribution in [0.5, 0.6) is 0 Å². The van der Waals surface area contributed by atoms with E-state index in [0.29, 0.717) is 6.07 Å². The van der Waals surface area contributed by atoms with Gasteiger partial charge in [-0.1, -0.05) is 27.7 Å². The highest BCUT2D eigenvalue weighted by Crippen LogP contribution is 2.30. The number of halogens is 4. The van der Waals surface area contributed by atoms with Crippen LogP contribution < -0.4 is 0 Å². The van der Waals surface area contributed by atoms with Gasteiger partial charge >= 0.3 is 5.97 Å². The van der Waals surface area contributed by atoms with Crippen molar-refractivity contribution in [3.05, 3.63) is 47.0 Å². The molecule has 0 aliphatic rings. The van der Waals surface area contributed by atoms with E-state index in [1.54, 1.807) is 0 Å². The first-order chi connectivity index (χ1) is 13.1. The molecule has 162 valence electrons. The van der Waals surface area contributed by atoms with Gasteiger partial charge in [0.2, 0.25) is 5.76 Å². The summed E-state index contributed by atoms with van der Waals surface area (Å²) in [5, 5.41) is 0. The molecule has 0 bridgehead atoms. The summed E-state index contributed by atoms with van der Waals surface area (Å²) in [6.07, 6.45) is 0. The average Bonchev–Trinajstić information content (AvgIpc) is 3.15. The number of hydrogen-bond donors (Lipinski definition) is 0. The van der Waals surface area contributed by atoms with Crippen LogP contribution in [0.1, 0.15) is 43.8 Å². The standard InChI is InChI=1S/C21H26F3NO3.ClH/c1-6-25(7-2)11-21(4,5)12-27-20(26)17-9-8-16(28-17)14-10-15(22)19(24)13(3)18(14)23;/h8-10H,6-7,11-12H2,1-5H3;1H. The van der Waals surface area contributed by atoms with Crippen LogP contribution in [0.2, 0.25) is 0 Å². The molecule has 2 rings (SSSR count). The second-order valence-electron chi connectivity index (χ2n) is 7.52. The zero-order valence-electron chi connectivity index (χ0n) is 17.3. The van der Waals surface area contributed by atoms with Gasteiger partial charge in [0.15, 0.2) is 11.6 Å². The van der Waals surface area contributed by atoms with Gasteiger partial charge in [0, 0.05) is 17.5 Å². The minimum absolute atomic E-state index is 0. The van der Waals surface area contributed by atoms with Crippen LogP contribution in [0.15, 0.2) is 22.6 Å². The molecule has 0 unspecified atom stereocenters. The number of furan rings is 1. The first kappa shape index (κ1) is 25.0. The minimum atomic E-state index is -1.25. The van der Waals surface area contributed by atoms with Crippen molar-refractivity contribution in [1.82, 2.24) is 4.90 Å². The summed E-state index contributed by atoms with van der Waals surface area (Å²) in [4.78, 5) is 14.5. The van der Waals surface area contributed by atoms with E-state index < -0.39 is 29.0 Å². The summed E-state index contributed by atoms with van der Waals surface area (Å²) in [6, 6.07) is 3.36. The Morgan fingerprint density at radius 1 is 1.14 bits per heavy atom. The third-order valence-corrected chi connectivity index (χ3v) is 4.59. The van der Waals surface area contributed by atoms with Gasteiger partial charge in [-0.3, -0.25) is 0 Å². The molecule has 0 atom stereocenters. The lowest BCUT2D eigenvalue weighted by molar-refractivity contribution is 0.0243. The maximum atomic E-state index is 14.2. The van der Waals surface area contributed by atoms with Gasteiger partial charge < -0.3 is 14.1 Å². The number of ether oxygens (including phenoxy) is 1. The summed E-state index contributed by atoms with van der Waals surface area (Å²) < 4.78 is 52.0. The van der Waals surface area contributed by atoms with Gasteiger partial charge in [0.05, 0.1) is 12.2 Å². The highest BCUT2D eigenvalue weighted by atomic mass is 35.5. The predicted octanol–water partition coefficient (Wildman–Crippen LogP) is 5.62. The lowest BCUT2D eigenvalue weighted by Gasteiger charge is -2.30. The molecule has 2 aromatic rings. The van der Waals surface area contributed by atoms with E-state index in [1.165, 1.54) is 12.1 Å². The van der Waals surface area contributed by atoms with Crippen molar-refractivity contribution in [2.75, 3.05) is 26.2 Å². The molecule has 0 N–H and O–H groups in total. The van der Waals surface area contributed by atoms with Crippen molar-refractivity contribution in [2.24, 2.45) is 5.41 Å². The number of nitrogens with zero attached hydrogens (tertiary/aromatic N) is 1. The quantitative estimate of drug-likeness (QED) is 0.400. The number of carbonyl (C=O) groups excluding carboxylic acids is 1. The Bertz CT molecular complexity index is 848. The molecule has 0 spiro atoms. The lowest BCUT2D eigenvalue weighted by Crippen LogP contribution is -2.37. The van der Waals surface area contributed by atoms with Crippen molar-refractivity contribution in [1.29, 1.82) is 0 Å². The Labute approximate surface area is 175 Å². The monoisotopic (exact) mass is 433 g/mol. The van der Waals surface area contributed by atoms with Gasteiger partial charge in [0.1, 0.15) is 11.6 Å². The van der Waals surface area contributed by atoms with Gasteiger partial charge in [-0.05, 0) is 38.2 Å². The second-order valence-corrected chi connectivity index (χ2v) is 7.52. The van der Waals surface area contributed by atoms with Crippen LogP contribution in [-0.4, -0.2) is 37.1 Å². The third kappa shape index (κ3) is 6.00. The number of hydrogen-bond acceptors (Lipinski definition) is 4. The summed E-state index contributed by atoms with van der Waals surface area (Å²) in [6.45, 7) is 12.0. The average molecular weight is 434 g/mol. The summed E-state index contributed by atoms with van der Waals surface area (Å²) >= 11 is 0. The lowest BCUT2D eigenvalue weighted by atomic mass is 9.94. The van der Waals surface area contributed by atoms with E-state index in [-0.39, 0.29) is 41.5 Å². The fourth-order valence-corrected chi connectivity index (χ4v) is 2.93. The molecule has 1 aromatic carbocycles. The van der Waals surface area contributed by atoms with E-state index in [0.717, 1.165) is 26.6 Å². The molecule has 1 aromatic heterocycles. The topological polar surface area (TPSA) is 42.7 Å². The molecule has 8 heteroatoms. The SMILES string of the molecule is CCN(CC)CC(C)(C)COC(=O)c1ccc(-c2cc(F)c(F)c(C)c2F)o1.Cl. The number of carbonyl (C=O) groups is 1. The zero-order valence-corrected chi connectivity index (χ0v) is 18.1. The Morgan fingerprint density at radius 3 is 2.34 bits per heavy atom. The highest BCUT2D eigenvalue weighted by Gasteiger charge is 2.25. The first-order valence-electron chi connectivity index (χ1n) is 9.23. The van der Waals surface area contributed by atoms with Crippen molar-refractivity contribution in [3.63, 3.8) is 0 Å². The normalized spacial score (nSPS) is 11.5. The largest absolute Gasteiger partial charge is 0.459 e. The second kappa shape index (κ2) is 10.2. The van der Waals surface area contributed by atoms with Crippen molar-refractivity contribution < 1.29 is 27.1 Å². The molecular formula is C21H27ClF3NO3. The number of benzene rings is 1. The Kier molecular flexibility index (Phi) is 8.78. The first-order valence-corrected chi connectivity index (χ1v) is 9.23. The Hall–Kier alpha value is -1.99. The molecular weight excluding hydrogens is 407 g/mol. The number of rotatable bonds is 8. The summed E-state index contributed by atoms with van der Waals surface area (Å²) in [5.41, 5.74) is -0.966. The molecule has 0 saturated heterocycles. The molecule has 0 aliphatic carbocycles. The van der Waals surface area contributed by atoms with Gasteiger partial charge in [-0.15, -0.1) is 12.4 Å². The molecule has 0 fully saturated rings. The fourth-order valence-electron chi connectivity index (χ4n) is 2.93. The molecule has 4 nitrogen and oxygen atoms in total. The van der Waals surface area contributed by atoms with Crippen LogP contribution >= 0.6 is 12.4 Å². The van der Waals surface area contributed by atoms with Crippen LogP contribution in [0.25, 0.3) is 11.3 Å². The Morgan fingerprint density at radius 2 is 1.76 bits per heavy atom. The van der Waals surface area contributed by atoms with Gasteiger partial charge in [-0.25, -0.2) is 18.0 Å². The molecule has 0 amide bonds. The third-order valence-electron chi connectivity index (χ3n) is 4.59. The minimum Gasteiger partial charge on any atom is -0.459 e. The van der Waals surface area contributed by atoms with Crippen LogP contribution in [0.4, 0.5) is 13.2 Å². The van der Waals surface area contributed by atoms with E-state index in [2.05, 4.69) is 18.7 Å². The maximum Gasteiger partial charge on any atom is 0.374 e. The maximum absolute atomic E-state index is 14.2. The van der Waals surface area contributed by atoms with Crippen molar-refractivity contribution in [3.8, 4) is 11.3 Å². The summed E-state index contributed by atoms with van der Waals surface area (Å²) in [5.74, 6) is -4.27. The van der Waals surface area contributed by atoms with E-state index in [4.69, 9.17) is 9.15 Å². The van der Waals surface area contributed by atoms with Crippen molar-refractivity contribution >= 4 is 18.4 Å². The molecule has 1 heterocycles. The van der Waals surface area contributed by atoms with Crippen LogP contribution in [0.3, 0.4) is 0 Å². The number of esters is 1. The molecule has 0 aliphatic heterocycles. The van der Waals surface area contributed by atoms with E-state index >= 15 is 0 Å².